The van der Waals surface area contributed by atoms with E-state index >= 15 is 0 Å². The van der Waals surface area contributed by atoms with Crippen LogP contribution in [0.25, 0.3) is 0 Å². The average molecular weight is 283 g/mol. The number of nitrogens with zero attached hydrogens (tertiary/aromatic N) is 1. The maximum Gasteiger partial charge on any atom is 0.169 e. The van der Waals surface area contributed by atoms with Gasteiger partial charge in [0.15, 0.2) is 11.6 Å². The Morgan fingerprint density at radius 2 is 2.10 bits per heavy atom. The van der Waals surface area contributed by atoms with Gasteiger partial charge in [-0.25, -0.2) is 9.37 Å². The maximum absolute atomic E-state index is 14.3. The number of aromatic nitrogens is 1. The minimum Gasteiger partial charge on any atom is -0.377 e. The van der Waals surface area contributed by atoms with Crippen LogP contribution in [-0.2, 0) is 11.3 Å². The molecule has 0 spiro atoms. The van der Waals surface area contributed by atoms with E-state index in [-0.39, 0.29) is 23.3 Å². The zero-order chi connectivity index (χ0) is 15.2. The zero-order valence-corrected chi connectivity index (χ0v) is 13.1. The monoisotopic (exact) mass is 283 g/mol. The maximum atomic E-state index is 14.3. The van der Waals surface area contributed by atoms with Crippen molar-refractivity contribution in [3.05, 3.63) is 23.6 Å². The third-order valence-electron chi connectivity index (χ3n) is 2.79. The first-order valence-corrected chi connectivity index (χ1v) is 7.07. The quantitative estimate of drug-likeness (QED) is 0.807. The average Bonchev–Trinajstić information content (AvgIpc) is 2.35. The first-order valence-electron chi connectivity index (χ1n) is 7.07. The highest BCUT2D eigenvalue weighted by atomic mass is 19.1. The predicted molar refractivity (Wildman–Crippen MR) is 80.4 cm³/mol. The number of hydrogen-bond acceptors (Lipinski definition) is 4. The van der Waals surface area contributed by atoms with Crippen molar-refractivity contribution in [2.24, 2.45) is 0 Å². The third kappa shape index (κ3) is 5.84. The molecule has 0 aliphatic carbocycles. The minimum atomic E-state index is -0.298. The smallest absolute Gasteiger partial charge is 0.169 e. The molecular weight excluding hydrogens is 257 g/mol. The Balaban J connectivity index is 2.65. The molecule has 0 saturated carbocycles. The number of ether oxygens (including phenoxy) is 1. The molecule has 4 nitrogen and oxygen atoms in total. The molecule has 0 aliphatic heterocycles. The van der Waals surface area contributed by atoms with Gasteiger partial charge < -0.3 is 15.4 Å². The third-order valence-corrected chi connectivity index (χ3v) is 2.79. The van der Waals surface area contributed by atoms with Crippen molar-refractivity contribution < 1.29 is 9.13 Å². The number of nitrogens with one attached hydrogen (secondary N) is 2. The van der Waals surface area contributed by atoms with Crippen molar-refractivity contribution in [3.63, 3.8) is 0 Å². The van der Waals surface area contributed by atoms with Crippen molar-refractivity contribution in [1.29, 1.82) is 0 Å². The second kappa shape index (κ2) is 7.55. The zero-order valence-electron chi connectivity index (χ0n) is 13.1. The fraction of sp³-hybridized carbons (Fsp3) is 0.667. The molecule has 1 unspecified atom stereocenters. The van der Waals surface area contributed by atoms with Gasteiger partial charge in [0.1, 0.15) is 0 Å². The van der Waals surface area contributed by atoms with Crippen molar-refractivity contribution in [1.82, 2.24) is 10.3 Å². The molecule has 0 bridgehead atoms. The molecule has 0 radical (unpaired) electrons. The van der Waals surface area contributed by atoms with Gasteiger partial charge in [-0.2, -0.15) is 0 Å². The van der Waals surface area contributed by atoms with Gasteiger partial charge in [0.05, 0.1) is 6.10 Å². The lowest BCUT2D eigenvalue weighted by molar-refractivity contribution is 0.0854. The Morgan fingerprint density at radius 1 is 1.40 bits per heavy atom. The summed E-state index contributed by atoms with van der Waals surface area (Å²) in [5.74, 6) is -0.0160. The van der Waals surface area contributed by atoms with Crippen molar-refractivity contribution >= 4 is 5.82 Å². The summed E-state index contributed by atoms with van der Waals surface area (Å²) in [6.07, 6.45) is 1.65. The Kier molecular flexibility index (Phi) is 6.36. The van der Waals surface area contributed by atoms with Gasteiger partial charge in [0, 0.05) is 37.0 Å². The molecule has 0 aliphatic rings. The minimum absolute atomic E-state index is 0.0255. The SMILES string of the molecule is CCOC(C)CNc1nccc(CNC(C)(C)C)c1F. The number of rotatable bonds is 7. The van der Waals surface area contributed by atoms with Gasteiger partial charge in [-0.15, -0.1) is 0 Å². The van der Waals surface area contributed by atoms with Crippen LogP contribution in [0.15, 0.2) is 12.3 Å². The molecule has 0 fully saturated rings. The Bertz CT molecular complexity index is 418. The summed E-state index contributed by atoms with van der Waals surface area (Å²) >= 11 is 0. The first-order chi connectivity index (χ1) is 9.33. The summed E-state index contributed by atoms with van der Waals surface area (Å²) in [7, 11) is 0. The Hall–Kier alpha value is -1.20. The number of halogens is 1. The van der Waals surface area contributed by atoms with Crippen LogP contribution in [-0.4, -0.2) is 29.8 Å². The van der Waals surface area contributed by atoms with Crippen LogP contribution in [0.2, 0.25) is 0 Å². The van der Waals surface area contributed by atoms with Crippen molar-refractivity contribution in [2.75, 3.05) is 18.5 Å². The molecule has 2 N–H and O–H groups in total. The van der Waals surface area contributed by atoms with Crippen LogP contribution in [0.1, 0.15) is 40.2 Å². The number of anilines is 1. The number of hydrogen-bond donors (Lipinski definition) is 2. The summed E-state index contributed by atoms with van der Waals surface area (Å²) in [5.41, 5.74) is 0.564. The lowest BCUT2D eigenvalue weighted by Gasteiger charge is -2.21. The van der Waals surface area contributed by atoms with E-state index < -0.39 is 0 Å². The van der Waals surface area contributed by atoms with Crippen molar-refractivity contribution in [2.45, 2.75) is 52.8 Å². The fourth-order valence-corrected chi connectivity index (χ4v) is 1.69. The fourth-order valence-electron chi connectivity index (χ4n) is 1.69. The van der Waals surface area contributed by atoms with E-state index in [9.17, 15) is 4.39 Å². The molecule has 0 aromatic carbocycles. The second-order valence-corrected chi connectivity index (χ2v) is 5.88. The van der Waals surface area contributed by atoms with Crippen LogP contribution >= 0.6 is 0 Å². The molecule has 1 heterocycles. The lowest BCUT2D eigenvalue weighted by atomic mass is 10.1. The normalized spacial score (nSPS) is 13.3. The highest BCUT2D eigenvalue weighted by Gasteiger charge is 2.13. The molecule has 20 heavy (non-hydrogen) atoms. The standard InChI is InChI=1S/C15H26FN3O/c1-6-20-11(2)9-18-14-13(16)12(7-8-17-14)10-19-15(3,4)5/h7-8,11,19H,6,9-10H2,1-5H3,(H,17,18). The molecule has 1 aromatic heterocycles. The van der Waals surface area contributed by atoms with E-state index in [0.717, 1.165) is 0 Å². The van der Waals surface area contributed by atoms with E-state index in [1.807, 2.05) is 13.8 Å². The number of pyridine rings is 1. The molecule has 1 rings (SSSR count). The van der Waals surface area contributed by atoms with Crippen LogP contribution in [0.4, 0.5) is 10.2 Å². The van der Waals surface area contributed by atoms with Gasteiger partial charge in [0.2, 0.25) is 0 Å². The summed E-state index contributed by atoms with van der Waals surface area (Å²) < 4.78 is 19.7. The molecule has 0 saturated heterocycles. The Labute approximate surface area is 121 Å². The summed E-state index contributed by atoms with van der Waals surface area (Å²) in [5, 5.41) is 6.27. The van der Waals surface area contributed by atoms with E-state index in [2.05, 4.69) is 36.4 Å². The van der Waals surface area contributed by atoms with Crippen LogP contribution < -0.4 is 10.6 Å². The van der Waals surface area contributed by atoms with Gasteiger partial charge >= 0.3 is 0 Å². The first kappa shape index (κ1) is 16.9. The van der Waals surface area contributed by atoms with Gasteiger partial charge in [0.25, 0.3) is 0 Å². The largest absolute Gasteiger partial charge is 0.377 e. The summed E-state index contributed by atoms with van der Waals surface area (Å²) in [6, 6.07) is 1.70. The van der Waals surface area contributed by atoms with Gasteiger partial charge in [-0.3, -0.25) is 0 Å². The van der Waals surface area contributed by atoms with Crippen LogP contribution in [0, 0.1) is 5.82 Å². The van der Waals surface area contributed by atoms with Crippen LogP contribution in [0.3, 0.4) is 0 Å². The lowest BCUT2D eigenvalue weighted by Crippen LogP contribution is -2.35. The van der Waals surface area contributed by atoms with E-state index in [4.69, 9.17) is 4.74 Å². The Morgan fingerprint density at radius 3 is 2.70 bits per heavy atom. The van der Waals surface area contributed by atoms with E-state index in [1.54, 1.807) is 12.3 Å². The van der Waals surface area contributed by atoms with Crippen molar-refractivity contribution in [3.8, 4) is 0 Å². The highest BCUT2D eigenvalue weighted by molar-refractivity contribution is 5.40. The molecule has 0 amide bonds. The highest BCUT2D eigenvalue weighted by Crippen LogP contribution is 2.16. The molecule has 1 aromatic rings. The second-order valence-electron chi connectivity index (χ2n) is 5.88. The summed E-state index contributed by atoms with van der Waals surface area (Å²) in [4.78, 5) is 4.05. The molecule has 114 valence electrons. The van der Waals surface area contributed by atoms with E-state index in [1.165, 1.54) is 0 Å². The molecular formula is C15H26FN3O. The molecule has 5 heteroatoms. The van der Waals surface area contributed by atoms with E-state index in [0.29, 0.717) is 25.3 Å². The summed E-state index contributed by atoms with van der Waals surface area (Å²) in [6.45, 7) is 11.7. The topological polar surface area (TPSA) is 46.2 Å². The van der Waals surface area contributed by atoms with Gasteiger partial charge in [-0.1, -0.05) is 0 Å². The molecule has 1 atom stereocenters. The predicted octanol–water partition coefficient (Wildman–Crippen LogP) is 2.95. The van der Waals surface area contributed by atoms with Gasteiger partial charge in [-0.05, 0) is 40.7 Å². The van der Waals surface area contributed by atoms with Crippen LogP contribution in [0.5, 0.6) is 0 Å².